The van der Waals surface area contributed by atoms with Gasteiger partial charge in [-0.3, -0.25) is 10.1 Å². The van der Waals surface area contributed by atoms with Gasteiger partial charge in [0.1, 0.15) is 5.75 Å². The second-order valence-electron chi connectivity index (χ2n) is 8.21. The van der Waals surface area contributed by atoms with E-state index in [1.807, 2.05) is 13.8 Å². The van der Waals surface area contributed by atoms with Crippen molar-refractivity contribution in [3.05, 3.63) is 71.5 Å². The van der Waals surface area contributed by atoms with Crippen LogP contribution < -0.4 is 20.1 Å². The van der Waals surface area contributed by atoms with E-state index in [4.69, 9.17) is 17.0 Å². The van der Waals surface area contributed by atoms with Crippen molar-refractivity contribution in [3.63, 3.8) is 0 Å². The Balaban J connectivity index is 1.63. The number of carbonyl (C=O) groups is 1. The lowest BCUT2D eigenvalue weighted by Crippen LogP contribution is -2.34. The van der Waals surface area contributed by atoms with Crippen LogP contribution in [0.2, 0.25) is 0 Å². The van der Waals surface area contributed by atoms with Crippen LogP contribution in [-0.4, -0.2) is 36.0 Å². The first-order chi connectivity index (χ1) is 16.5. The first kappa shape index (κ1) is 26.0. The highest BCUT2D eigenvalue weighted by atomic mass is 32.2. The Morgan fingerprint density at radius 2 is 1.66 bits per heavy atom. The third kappa shape index (κ3) is 7.46. The summed E-state index contributed by atoms with van der Waals surface area (Å²) in [4.78, 5) is 20.9. The Labute approximate surface area is 210 Å². The maximum Gasteiger partial charge on any atom is 0.264 e. The number of rotatable bonds is 8. The first-order valence-corrected chi connectivity index (χ1v) is 12.7. The number of aryl methyl sites for hydroxylation is 2. The number of ether oxygens (including phenoxy) is 1. The Hall–Kier alpha value is -3.57. The van der Waals surface area contributed by atoms with Gasteiger partial charge < -0.3 is 10.1 Å². The van der Waals surface area contributed by atoms with Crippen molar-refractivity contribution in [2.45, 2.75) is 32.6 Å². The molecule has 3 aromatic rings. The highest BCUT2D eigenvalue weighted by molar-refractivity contribution is 7.92. The van der Waals surface area contributed by atoms with Crippen LogP contribution in [0.3, 0.4) is 0 Å². The van der Waals surface area contributed by atoms with Crippen LogP contribution in [0.15, 0.2) is 59.5 Å². The molecule has 2 aromatic carbocycles. The summed E-state index contributed by atoms with van der Waals surface area (Å²) in [5.41, 5.74) is 2.17. The molecule has 0 saturated carbocycles. The van der Waals surface area contributed by atoms with Crippen molar-refractivity contribution >= 4 is 44.9 Å². The van der Waals surface area contributed by atoms with E-state index in [0.29, 0.717) is 40.9 Å². The zero-order valence-corrected chi connectivity index (χ0v) is 21.5. The molecule has 0 unspecified atom stereocenters. The zero-order valence-electron chi connectivity index (χ0n) is 19.8. The predicted octanol–water partition coefficient (Wildman–Crippen LogP) is 4.06. The topological polar surface area (TPSA) is 122 Å². The number of hydrogen-bond acceptors (Lipinski definition) is 7. The quantitative estimate of drug-likeness (QED) is 0.386. The van der Waals surface area contributed by atoms with Crippen LogP contribution in [-0.2, 0) is 10.0 Å². The van der Waals surface area contributed by atoms with Crippen LogP contribution in [0, 0.1) is 19.8 Å². The lowest BCUT2D eigenvalue weighted by molar-refractivity contribution is 0.0973. The molecule has 0 aliphatic carbocycles. The van der Waals surface area contributed by atoms with E-state index in [2.05, 4.69) is 25.3 Å². The lowest BCUT2D eigenvalue weighted by Gasteiger charge is -2.14. The second-order valence-corrected chi connectivity index (χ2v) is 10.3. The smallest absolute Gasteiger partial charge is 0.264 e. The fourth-order valence-electron chi connectivity index (χ4n) is 3.04. The Morgan fingerprint density at radius 3 is 2.29 bits per heavy atom. The van der Waals surface area contributed by atoms with Crippen LogP contribution in [0.25, 0.3) is 0 Å². The van der Waals surface area contributed by atoms with Crippen LogP contribution in [0.1, 0.15) is 35.6 Å². The number of nitrogens with one attached hydrogen (secondary N) is 3. The van der Waals surface area contributed by atoms with Gasteiger partial charge in [0.15, 0.2) is 5.11 Å². The lowest BCUT2D eigenvalue weighted by atomic mass is 10.2. The number of anilines is 2. The molecule has 35 heavy (non-hydrogen) atoms. The predicted molar refractivity (Wildman–Crippen MR) is 139 cm³/mol. The molecule has 0 atom stereocenters. The maximum atomic E-state index is 12.7. The summed E-state index contributed by atoms with van der Waals surface area (Å²) in [5.74, 6) is 0.366. The molecule has 9 nitrogen and oxygen atoms in total. The zero-order chi connectivity index (χ0) is 25.6. The van der Waals surface area contributed by atoms with E-state index in [9.17, 15) is 13.2 Å². The van der Waals surface area contributed by atoms with E-state index >= 15 is 0 Å². The largest absolute Gasteiger partial charge is 0.492 e. The van der Waals surface area contributed by atoms with Gasteiger partial charge in [-0.05, 0) is 74.4 Å². The standard InChI is InChI=1S/C24H27N5O4S2/c1-15(2)14-33-21-8-6-5-7-20(21)22(30)28-24(34)27-18-9-11-19(12-10-18)35(31,32)29-23-25-16(3)13-17(4)26-23/h5-13,15H,14H2,1-4H3,(H,25,26,29)(H2,27,28,30,34). The van der Waals surface area contributed by atoms with E-state index in [1.54, 1.807) is 44.2 Å². The third-order valence-corrected chi connectivity index (χ3v) is 6.11. The van der Waals surface area contributed by atoms with Gasteiger partial charge in [-0.15, -0.1) is 0 Å². The number of benzene rings is 2. The van der Waals surface area contributed by atoms with E-state index in [-0.39, 0.29) is 16.0 Å². The van der Waals surface area contributed by atoms with Crippen molar-refractivity contribution in [1.29, 1.82) is 0 Å². The molecular formula is C24H27N5O4S2. The summed E-state index contributed by atoms with van der Waals surface area (Å²) in [6, 6.07) is 14.6. The minimum Gasteiger partial charge on any atom is -0.492 e. The van der Waals surface area contributed by atoms with Crippen LogP contribution >= 0.6 is 12.2 Å². The van der Waals surface area contributed by atoms with Gasteiger partial charge in [-0.1, -0.05) is 26.0 Å². The summed E-state index contributed by atoms with van der Waals surface area (Å²) in [5, 5.41) is 5.55. The number of thiocarbonyl (C=S) groups is 1. The van der Waals surface area contributed by atoms with Crippen LogP contribution in [0.4, 0.5) is 11.6 Å². The van der Waals surface area contributed by atoms with Crippen LogP contribution in [0.5, 0.6) is 5.75 Å². The number of amides is 1. The summed E-state index contributed by atoms with van der Waals surface area (Å²) in [6.45, 7) is 8.03. The Bertz CT molecular complexity index is 1310. The fourth-order valence-corrected chi connectivity index (χ4v) is 4.19. The molecule has 1 heterocycles. The summed E-state index contributed by atoms with van der Waals surface area (Å²) in [7, 11) is -3.88. The van der Waals surface area contributed by atoms with Crippen molar-refractivity contribution < 1.29 is 17.9 Å². The van der Waals surface area contributed by atoms with Gasteiger partial charge in [0.2, 0.25) is 5.95 Å². The Morgan fingerprint density at radius 1 is 1.03 bits per heavy atom. The number of sulfonamides is 1. The van der Waals surface area contributed by atoms with Gasteiger partial charge in [0.25, 0.3) is 15.9 Å². The second kappa shape index (κ2) is 11.2. The highest BCUT2D eigenvalue weighted by Crippen LogP contribution is 2.20. The number of para-hydroxylation sites is 1. The Kier molecular flexibility index (Phi) is 8.36. The summed E-state index contributed by atoms with van der Waals surface area (Å²) in [6.07, 6.45) is 0. The molecule has 1 aromatic heterocycles. The molecule has 0 aliphatic rings. The molecular weight excluding hydrogens is 486 g/mol. The molecule has 0 saturated heterocycles. The third-order valence-electron chi connectivity index (χ3n) is 4.56. The van der Waals surface area contributed by atoms with Crippen molar-refractivity contribution in [2.24, 2.45) is 5.92 Å². The molecule has 3 N–H and O–H groups in total. The molecule has 0 bridgehead atoms. The molecule has 3 rings (SSSR count). The summed E-state index contributed by atoms with van der Waals surface area (Å²) >= 11 is 5.25. The van der Waals surface area contributed by atoms with Gasteiger partial charge in [0, 0.05) is 17.1 Å². The number of hydrogen-bond donors (Lipinski definition) is 3. The highest BCUT2D eigenvalue weighted by Gasteiger charge is 2.17. The molecule has 0 radical (unpaired) electrons. The first-order valence-electron chi connectivity index (χ1n) is 10.8. The monoisotopic (exact) mass is 513 g/mol. The normalized spacial score (nSPS) is 11.1. The van der Waals surface area contributed by atoms with Crippen molar-refractivity contribution in [2.75, 3.05) is 16.6 Å². The number of carbonyl (C=O) groups excluding carboxylic acids is 1. The summed E-state index contributed by atoms with van der Waals surface area (Å²) < 4.78 is 33.5. The van der Waals surface area contributed by atoms with Gasteiger partial charge in [0.05, 0.1) is 17.1 Å². The molecule has 11 heteroatoms. The fraction of sp³-hybridized carbons (Fsp3) is 0.250. The van der Waals surface area contributed by atoms with Crippen molar-refractivity contribution in [1.82, 2.24) is 15.3 Å². The van der Waals surface area contributed by atoms with E-state index in [1.165, 1.54) is 24.3 Å². The SMILES string of the molecule is Cc1cc(C)nc(NS(=O)(=O)c2ccc(NC(=S)NC(=O)c3ccccc3OCC(C)C)cc2)n1. The number of nitrogens with zero attached hydrogens (tertiary/aromatic N) is 2. The molecule has 0 fully saturated rings. The van der Waals surface area contributed by atoms with E-state index in [0.717, 1.165) is 0 Å². The van der Waals surface area contributed by atoms with Gasteiger partial charge in [-0.25, -0.2) is 23.1 Å². The molecule has 1 amide bonds. The van der Waals surface area contributed by atoms with Gasteiger partial charge >= 0.3 is 0 Å². The minimum absolute atomic E-state index is 0.00578. The van der Waals surface area contributed by atoms with Crippen molar-refractivity contribution in [3.8, 4) is 5.75 Å². The average Bonchev–Trinajstić information content (AvgIpc) is 2.77. The average molecular weight is 514 g/mol. The molecule has 0 spiro atoms. The maximum absolute atomic E-state index is 12.7. The molecule has 0 aliphatic heterocycles. The number of aromatic nitrogens is 2. The van der Waals surface area contributed by atoms with Gasteiger partial charge in [-0.2, -0.15) is 0 Å². The molecule has 184 valence electrons. The minimum atomic E-state index is -3.88. The van der Waals surface area contributed by atoms with E-state index < -0.39 is 15.9 Å².